The van der Waals surface area contributed by atoms with E-state index in [4.69, 9.17) is 9.84 Å². The molecule has 0 aliphatic carbocycles. The minimum atomic E-state index is -1.29. The highest BCUT2D eigenvalue weighted by atomic mass is 16.6. The maximum absolute atomic E-state index is 13.1. The second-order valence-electron chi connectivity index (χ2n) is 9.44. The van der Waals surface area contributed by atoms with E-state index in [1.807, 2.05) is 13.8 Å². The zero-order chi connectivity index (χ0) is 25.3. The molecule has 11 heteroatoms. The van der Waals surface area contributed by atoms with Gasteiger partial charge in [0.15, 0.2) is 0 Å². The van der Waals surface area contributed by atoms with E-state index in [1.165, 1.54) is 0 Å². The predicted octanol–water partition coefficient (Wildman–Crippen LogP) is 1.60. The molecule has 188 valence electrons. The quantitative estimate of drug-likeness (QED) is 0.373. The molecule has 0 aromatic heterocycles. The summed E-state index contributed by atoms with van der Waals surface area (Å²) in [5, 5.41) is 23.0. The van der Waals surface area contributed by atoms with Crippen molar-refractivity contribution >= 4 is 29.8 Å². The highest BCUT2D eigenvalue weighted by Gasteiger charge is 2.35. The second kappa shape index (κ2) is 12.4. The molecule has 0 unspecified atom stereocenters. The molecule has 33 heavy (non-hydrogen) atoms. The van der Waals surface area contributed by atoms with Crippen molar-refractivity contribution in [2.45, 2.75) is 84.4 Å². The fourth-order valence-corrected chi connectivity index (χ4v) is 3.49. The number of alkyl carbamates (subject to hydrolysis) is 1. The van der Waals surface area contributed by atoms with Crippen LogP contribution >= 0.6 is 0 Å². The number of rotatable bonds is 10. The Labute approximate surface area is 194 Å². The van der Waals surface area contributed by atoms with Crippen molar-refractivity contribution in [3.05, 3.63) is 0 Å². The number of ether oxygens (including phenoxy) is 1. The van der Waals surface area contributed by atoms with E-state index < -0.39 is 47.5 Å². The van der Waals surface area contributed by atoms with E-state index in [9.17, 15) is 29.1 Å². The van der Waals surface area contributed by atoms with E-state index in [2.05, 4.69) is 10.6 Å². The molecule has 1 aliphatic rings. The molecule has 0 spiro atoms. The van der Waals surface area contributed by atoms with Gasteiger partial charge in [-0.15, -0.1) is 0 Å². The maximum Gasteiger partial charge on any atom is 0.408 e. The van der Waals surface area contributed by atoms with Crippen molar-refractivity contribution in [2.24, 2.45) is 11.8 Å². The number of hydrogen-bond donors (Lipinski definition) is 4. The first-order chi connectivity index (χ1) is 15.2. The summed E-state index contributed by atoms with van der Waals surface area (Å²) in [7, 11) is 0. The molecular weight excluding hydrogens is 434 g/mol. The molecule has 1 aliphatic heterocycles. The minimum Gasteiger partial charge on any atom is -0.481 e. The number of piperidine rings is 1. The molecule has 3 atom stereocenters. The van der Waals surface area contributed by atoms with Gasteiger partial charge in [-0.25, -0.2) is 9.59 Å². The molecule has 0 aromatic carbocycles. The number of nitrogens with zero attached hydrogens (tertiary/aromatic N) is 1. The monoisotopic (exact) mass is 471 g/mol. The van der Waals surface area contributed by atoms with E-state index in [0.29, 0.717) is 19.3 Å². The van der Waals surface area contributed by atoms with Gasteiger partial charge in [-0.1, -0.05) is 20.3 Å². The largest absolute Gasteiger partial charge is 0.481 e. The van der Waals surface area contributed by atoms with Gasteiger partial charge in [-0.2, -0.15) is 0 Å². The average Bonchev–Trinajstić information content (AvgIpc) is 2.72. The van der Waals surface area contributed by atoms with E-state index >= 15 is 0 Å². The summed E-state index contributed by atoms with van der Waals surface area (Å²) in [5.41, 5.74) is -0.697. The zero-order valence-electron chi connectivity index (χ0n) is 20.1. The number of aliphatic carboxylic acids is 2. The number of carboxylic acids is 2. The first kappa shape index (κ1) is 28.2. The van der Waals surface area contributed by atoms with Crippen LogP contribution in [0, 0.1) is 11.8 Å². The third kappa shape index (κ3) is 9.67. The third-order valence-electron chi connectivity index (χ3n) is 5.59. The Balaban J connectivity index is 2.71. The van der Waals surface area contributed by atoms with Crippen molar-refractivity contribution in [1.29, 1.82) is 0 Å². The fraction of sp³-hybridized carbons (Fsp3) is 0.773. The normalized spacial score (nSPS) is 17.4. The zero-order valence-corrected chi connectivity index (χ0v) is 20.1. The standard InChI is InChI=1S/C22H37N3O8/c1-6-13(2)17(24-21(32)33-22(3,4)5)19(29)25-11-9-14(10-12-25)18(28)23-15(20(30)31)7-8-16(26)27/h13-15,17H,6-12H2,1-5H3,(H,23,28)(H,24,32)(H,26,27)(H,30,31)/t13-,15+,17+/m1/s1. The number of hydrogen-bond acceptors (Lipinski definition) is 6. The molecule has 4 N–H and O–H groups in total. The van der Waals surface area contributed by atoms with Gasteiger partial charge >= 0.3 is 18.0 Å². The Kier molecular flexibility index (Phi) is 10.6. The van der Waals surface area contributed by atoms with Crippen LogP contribution in [-0.4, -0.2) is 75.7 Å². The molecular formula is C22H37N3O8. The molecule has 0 aromatic rings. The van der Waals surface area contributed by atoms with Gasteiger partial charge in [0, 0.05) is 25.4 Å². The number of carbonyl (C=O) groups is 5. The summed E-state index contributed by atoms with van der Waals surface area (Å²) in [4.78, 5) is 61.4. The van der Waals surface area contributed by atoms with Crippen molar-refractivity contribution < 1.29 is 38.9 Å². The number of amides is 3. The predicted molar refractivity (Wildman–Crippen MR) is 118 cm³/mol. The number of carbonyl (C=O) groups excluding carboxylic acids is 3. The molecule has 1 heterocycles. The topological polar surface area (TPSA) is 162 Å². The third-order valence-corrected chi connectivity index (χ3v) is 5.59. The van der Waals surface area contributed by atoms with Crippen LogP contribution in [0.5, 0.6) is 0 Å². The van der Waals surface area contributed by atoms with Crippen LogP contribution in [0.3, 0.4) is 0 Å². The van der Waals surface area contributed by atoms with Gasteiger partial charge in [0.25, 0.3) is 0 Å². The lowest BCUT2D eigenvalue weighted by Gasteiger charge is -2.35. The van der Waals surface area contributed by atoms with Crippen LogP contribution in [-0.2, 0) is 23.9 Å². The van der Waals surface area contributed by atoms with E-state index in [1.54, 1.807) is 25.7 Å². The molecule has 3 amide bonds. The van der Waals surface area contributed by atoms with Crippen LogP contribution in [0.4, 0.5) is 4.79 Å². The summed E-state index contributed by atoms with van der Waals surface area (Å²) >= 11 is 0. The summed E-state index contributed by atoms with van der Waals surface area (Å²) < 4.78 is 5.28. The lowest BCUT2D eigenvalue weighted by molar-refractivity contribution is -0.144. The molecule has 1 fully saturated rings. The molecule has 11 nitrogen and oxygen atoms in total. The molecule has 1 saturated heterocycles. The molecule has 0 saturated carbocycles. The fourth-order valence-electron chi connectivity index (χ4n) is 3.49. The minimum absolute atomic E-state index is 0.128. The van der Waals surface area contributed by atoms with Crippen molar-refractivity contribution in [3.8, 4) is 0 Å². The van der Waals surface area contributed by atoms with Crippen LogP contribution in [0.1, 0.15) is 66.7 Å². The van der Waals surface area contributed by atoms with E-state index in [0.717, 1.165) is 0 Å². The summed E-state index contributed by atoms with van der Waals surface area (Å²) in [6.07, 6.45) is 0.0895. The Morgan fingerprint density at radius 1 is 1.06 bits per heavy atom. The van der Waals surface area contributed by atoms with Gasteiger partial charge < -0.3 is 30.5 Å². The Hall–Kier alpha value is -2.85. The highest BCUT2D eigenvalue weighted by Crippen LogP contribution is 2.21. The van der Waals surface area contributed by atoms with Gasteiger partial charge in [-0.05, 0) is 46.0 Å². The average molecular weight is 472 g/mol. The van der Waals surface area contributed by atoms with Crippen LogP contribution in [0.25, 0.3) is 0 Å². The molecule has 0 radical (unpaired) electrons. The van der Waals surface area contributed by atoms with Crippen LogP contribution in [0.2, 0.25) is 0 Å². The Bertz CT molecular complexity index is 726. The highest BCUT2D eigenvalue weighted by molar-refractivity contribution is 5.87. The van der Waals surface area contributed by atoms with Crippen molar-refractivity contribution in [3.63, 3.8) is 0 Å². The number of carboxylic acid groups (broad SMARTS) is 2. The van der Waals surface area contributed by atoms with Gasteiger partial charge in [0.05, 0.1) is 0 Å². The summed E-state index contributed by atoms with van der Waals surface area (Å²) in [6.45, 7) is 9.56. The van der Waals surface area contributed by atoms with Crippen LogP contribution in [0.15, 0.2) is 0 Å². The molecule has 0 bridgehead atoms. The Morgan fingerprint density at radius 3 is 2.09 bits per heavy atom. The van der Waals surface area contributed by atoms with Gasteiger partial charge in [-0.3, -0.25) is 14.4 Å². The number of likely N-dealkylation sites (tertiary alicyclic amines) is 1. The molecule has 1 rings (SSSR count). The van der Waals surface area contributed by atoms with Crippen molar-refractivity contribution in [2.75, 3.05) is 13.1 Å². The smallest absolute Gasteiger partial charge is 0.408 e. The first-order valence-corrected chi connectivity index (χ1v) is 11.3. The second-order valence-corrected chi connectivity index (χ2v) is 9.44. The summed E-state index contributed by atoms with van der Waals surface area (Å²) in [5.74, 6) is -3.76. The maximum atomic E-state index is 13.1. The van der Waals surface area contributed by atoms with Gasteiger partial charge in [0.1, 0.15) is 17.7 Å². The Morgan fingerprint density at radius 2 is 1.64 bits per heavy atom. The van der Waals surface area contributed by atoms with E-state index in [-0.39, 0.29) is 37.8 Å². The van der Waals surface area contributed by atoms with Crippen LogP contribution < -0.4 is 10.6 Å². The summed E-state index contributed by atoms with van der Waals surface area (Å²) in [6, 6.07) is -2.04. The number of nitrogens with one attached hydrogen (secondary N) is 2. The van der Waals surface area contributed by atoms with Crippen molar-refractivity contribution in [1.82, 2.24) is 15.5 Å². The first-order valence-electron chi connectivity index (χ1n) is 11.3. The van der Waals surface area contributed by atoms with Gasteiger partial charge in [0.2, 0.25) is 11.8 Å². The lowest BCUT2D eigenvalue weighted by Crippen LogP contribution is -2.55. The lowest BCUT2D eigenvalue weighted by atomic mass is 9.93. The SMILES string of the molecule is CC[C@@H](C)[C@H](NC(=O)OC(C)(C)C)C(=O)N1CCC(C(=O)N[C@@H](CCC(=O)O)C(=O)O)CC1.